The van der Waals surface area contributed by atoms with Crippen LogP contribution in [-0.2, 0) is 9.47 Å². The second-order valence-electron chi connectivity index (χ2n) is 4.98. The molecule has 0 saturated heterocycles. The third kappa shape index (κ3) is 7.07. The van der Waals surface area contributed by atoms with E-state index in [0.29, 0.717) is 0 Å². The molecule has 1 rings (SSSR count). The minimum absolute atomic E-state index is 0.791. The van der Waals surface area contributed by atoms with Crippen LogP contribution in [0.2, 0.25) is 0 Å². The molecular formula is C14H28BrNO2. The van der Waals surface area contributed by atoms with Crippen LogP contribution in [-0.4, -0.2) is 56.3 Å². The van der Waals surface area contributed by atoms with Crippen LogP contribution in [0.25, 0.3) is 0 Å². The van der Waals surface area contributed by atoms with E-state index in [9.17, 15) is 0 Å². The molecule has 18 heavy (non-hydrogen) atoms. The molecule has 0 heterocycles. The molecule has 3 nitrogen and oxygen atoms in total. The zero-order valence-corrected chi connectivity index (χ0v) is 13.3. The van der Waals surface area contributed by atoms with E-state index in [1.807, 2.05) is 0 Å². The second kappa shape index (κ2) is 11.2. The Kier molecular flexibility index (Phi) is 10.2. The topological polar surface area (TPSA) is 21.7 Å². The average Bonchev–Trinajstić information content (AvgIpc) is 2.42. The van der Waals surface area contributed by atoms with Crippen molar-refractivity contribution < 1.29 is 9.47 Å². The standard InChI is InChI=1S/C14H28BrNO2/c1-17-11-5-12-18-13-10-16(9-8-15)14-6-3-2-4-7-14/h14H,2-13H2,1H3. The van der Waals surface area contributed by atoms with E-state index in [1.54, 1.807) is 7.11 Å². The van der Waals surface area contributed by atoms with E-state index in [-0.39, 0.29) is 0 Å². The summed E-state index contributed by atoms with van der Waals surface area (Å²) in [5.74, 6) is 0. The zero-order valence-electron chi connectivity index (χ0n) is 11.7. The average molecular weight is 322 g/mol. The van der Waals surface area contributed by atoms with Crippen molar-refractivity contribution in [1.82, 2.24) is 4.90 Å². The fraction of sp³-hybridized carbons (Fsp3) is 1.00. The van der Waals surface area contributed by atoms with Gasteiger partial charge in [-0.05, 0) is 19.3 Å². The fourth-order valence-electron chi connectivity index (χ4n) is 2.62. The number of alkyl halides is 1. The number of nitrogens with zero attached hydrogens (tertiary/aromatic N) is 1. The Morgan fingerprint density at radius 3 is 2.50 bits per heavy atom. The molecule has 0 amide bonds. The molecule has 0 bridgehead atoms. The van der Waals surface area contributed by atoms with Crippen LogP contribution in [0.15, 0.2) is 0 Å². The maximum atomic E-state index is 5.67. The molecule has 1 fully saturated rings. The van der Waals surface area contributed by atoms with E-state index in [0.717, 1.165) is 50.7 Å². The Hall–Kier alpha value is 0.360. The molecule has 0 spiro atoms. The Balaban J connectivity index is 2.12. The largest absolute Gasteiger partial charge is 0.385 e. The predicted molar refractivity (Wildman–Crippen MR) is 79.6 cm³/mol. The summed E-state index contributed by atoms with van der Waals surface area (Å²) in [6, 6.07) is 0.791. The van der Waals surface area contributed by atoms with Crippen LogP contribution in [0, 0.1) is 0 Å². The van der Waals surface area contributed by atoms with Crippen molar-refractivity contribution in [3.63, 3.8) is 0 Å². The first-order valence-corrected chi connectivity index (χ1v) is 8.37. The minimum atomic E-state index is 0.791. The first-order valence-electron chi connectivity index (χ1n) is 7.25. The number of hydrogen-bond acceptors (Lipinski definition) is 3. The predicted octanol–water partition coefficient (Wildman–Crippen LogP) is 3.07. The molecule has 0 aromatic rings. The van der Waals surface area contributed by atoms with Gasteiger partial charge in [-0.3, -0.25) is 4.90 Å². The van der Waals surface area contributed by atoms with Crippen molar-refractivity contribution in [2.45, 2.75) is 44.6 Å². The Bertz CT molecular complexity index is 187. The first-order chi connectivity index (χ1) is 8.88. The molecule has 1 aliphatic rings. The van der Waals surface area contributed by atoms with E-state index < -0.39 is 0 Å². The normalized spacial score (nSPS) is 17.5. The van der Waals surface area contributed by atoms with Crippen LogP contribution in [0.3, 0.4) is 0 Å². The number of halogens is 1. The summed E-state index contributed by atoms with van der Waals surface area (Å²) >= 11 is 3.56. The number of rotatable bonds is 10. The highest BCUT2D eigenvalue weighted by Crippen LogP contribution is 2.22. The lowest BCUT2D eigenvalue weighted by atomic mass is 9.94. The molecule has 0 aromatic carbocycles. The molecule has 0 N–H and O–H groups in total. The highest BCUT2D eigenvalue weighted by atomic mass is 79.9. The highest BCUT2D eigenvalue weighted by Gasteiger charge is 2.19. The second-order valence-corrected chi connectivity index (χ2v) is 5.77. The third-order valence-electron chi connectivity index (χ3n) is 3.62. The molecule has 1 aliphatic carbocycles. The Morgan fingerprint density at radius 1 is 1.06 bits per heavy atom. The lowest BCUT2D eigenvalue weighted by Gasteiger charge is -2.33. The van der Waals surface area contributed by atoms with E-state index in [1.165, 1.54) is 32.1 Å². The van der Waals surface area contributed by atoms with Crippen LogP contribution in [0.1, 0.15) is 38.5 Å². The smallest absolute Gasteiger partial charge is 0.0593 e. The number of methoxy groups -OCH3 is 1. The van der Waals surface area contributed by atoms with Crippen LogP contribution in [0.5, 0.6) is 0 Å². The third-order valence-corrected chi connectivity index (χ3v) is 3.98. The quantitative estimate of drug-likeness (QED) is 0.456. The molecule has 0 aromatic heterocycles. The van der Waals surface area contributed by atoms with Crippen molar-refractivity contribution in [2.24, 2.45) is 0 Å². The Labute approximate surface area is 120 Å². The maximum absolute atomic E-state index is 5.67. The summed E-state index contributed by atoms with van der Waals surface area (Å²) in [5.41, 5.74) is 0. The van der Waals surface area contributed by atoms with Gasteiger partial charge < -0.3 is 9.47 Å². The molecule has 1 saturated carbocycles. The van der Waals surface area contributed by atoms with Crippen molar-refractivity contribution in [1.29, 1.82) is 0 Å². The minimum Gasteiger partial charge on any atom is -0.385 e. The number of hydrogen-bond donors (Lipinski definition) is 0. The molecule has 0 aliphatic heterocycles. The van der Waals surface area contributed by atoms with Crippen molar-refractivity contribution in [2.75, 3.05) is 45.4 Å². The summed E-state index contributed by atoms with van der Waals surface area (Å²) in [7, 11) is 1.74. The molecule has 4 heteroatoms. The molecule has 0 atom stereocenters. The van der Waals surface area contributed by atoms with Crippen molar-refractivity contribution >= 4 is 15.9 Å². The van der Waals surface area contributed by atoms with Gasteiger partial charge in [0.15, 0.2) is 0 Å². The summed E-state index contributed by atoms with van der Waals surface area (Å²) < 4.78 is 10.7. The van der Waals surface area contributed by atoms with Gasteiger partial charge in [0.05, 0.1) is 6.61 Å². The Morgan fingerprint density at radius 2 is 1.83 bits per heavy atom. The summed E-state index contributed by atoms with van der Waals surface area (Å²) in [6.07, 6.45) is 7.97. The van der Waals surface area contributed by atoms with E-state index >= 15 is 0 Å². The maximum Gasteiger partial charge on any atom is 0.0593 e. The van der Waals surface area contributed by atoms with Crippen LogP contribution < -0.4 is 0 Å². The van der Waals surface area contributed by atoms with Gasteiger partial charge in [0.2, 0.25) is 0 Å². The molecule has 0 unspecified atom stereocenters. The van der Waals surface area contributed by atoms with Gasteiger partial charge in [-0.15, -0.1) is 0 Å². The zero-order chi connectivity index (χ0) is 13.1. The summed E-state index contributed by atoms with van der Waals surface area (Å²) in [5, 5.41) is 1.06. The number of ether oxygens (including phenoxy) is 2. The molecule has 0 radical (unpaired) electrons. The lowest BCUT2D eigenvalue weighted by Crippen LogP contribution is -2.40. The van der Waals surface area contributed by atoms with Crippen LogP contribution >= 0.6 is 15.9 Å². The SMILES string of the molecule is COCCCOCCN(CCBr)C1CCCCC1. The van der Waals surface area contributed by atoms with Gasteiger partial charge in [-0.25, -0.2) is 0 Å². The lowest BCUT2D eigenvalue weighted by molar-refractivity contribution is 0.0674. The fourth-order valence-corrected chi connectivity index (χ4v) is 3.08. The van der Waals surface area contributed by atoms with Gasteiger partial charge in [-0.1, -0.05) is 35.2 Å². The van der Waals surface area contributed by atoms with Gasteiger partial charge in [-0.2, -0.15) is 0 Å². The van der Waals surface area contributed by atoms with Crippen molar-refractivity contribution in [3.05, 3.63) is 0 Å². The van der Waals surface area contributed by atoms with Gasteiger partial charge in [0, 0.05) is 44.8 Å². The van der Waals surface area contributed by atoms with Crippen LogP contribution in [0.4, 0.5) is 0 Å². The van der Waals surface area contributed by atoms with Crippen molar-refractivity contribution in [3.8, 4) is 0 Å². The molecule has 108 valence electrons. The monoisotopic (exact) mass is 321 g/mol. The van der Waals surface area contributed by atoms with E-state index in [2.05, 4.69) is 20.8 Å². The van der Waals surface area contributed by atoms with Gasteiger partial charge in [0.1, 0.15) is 0 Å². The first kappa shape index (κ1) is 16.4. The highest BCUT2D eigenvalue weighted by molar-refractivity contribution is 9.09. The molecular weight excluding hydrogens is 294 g/mol. The summed E-state index contributed by atoms with van der Waals surface area (Å²) in [6.45, 7) is 4.69. The van der Waals surface area contributed by atoms with E-state index in [4.69, 9.17) is 9.47 Å². The van der Waals surface area contributed by atoms with Gasteiger partial charge in [0.25, 0.3) is 0 Å². The van der Waals surface area contributed by atoms with Gasteiger partial charge >= 0.3 is 0 Å². The summed E-state index contributed by atoms with van der Waals surface area (Å²) in [4.78, 5) is 2.60.